The Bertz CT molecular complexity index is 551. The number of rotatable bonds is 5. The Labute approximate surface area is 144 Å². The first-order chi connectivity index (χ1) is 11.6. The summed E-state index contributed by atoms with van der Waals surface area (Å²) in [4.78, 5) is 17.2. The van der Waals surface area contributed by atoms with Crippen LogP contribution in [-0.4, -0.2) is 54.0 Å². The lowest BCUT2D eigenvalue weighted by Crippen LogP contribution is -2.55. The number of nitrogens with one attached hydrogen (secondary N) is 1. The first kappa shape index (κ1) is 17.4. The zero-order valence-corrected chi connectivity index (χ0v) is 14.5. The number of hydrogen-bond acceptors (Lipinski definition) is 3. The quantitative estimate of drug-likeness (QED) is 0.899. The zero-order valence-electron chi connectivity index (χ0n) is 14.5. The molecule has 0 spiro atoms. The van der Waals surface area contributed by atoms with E-state index in [9.17, 15) is 9.18 Å². The van der Waals surface area contributed by atoms with Crippen LogP contribution in [0.25, 0.3) is 0 Å². The van der Waals surface area contributed by atoms with Crippen LogP contribution in [0.1, 0.15) is 38.2 Å². The lowest BCUT2D eigenvalue weighted by molar-refractivity contribution is -0.126. The normalized spacial score (nSPS) is 21.8. The highest BCUT2D eigenvalue weighted by molar-refractivity contribution is 5.81. The van der Waals surface area contributed by atoms with Gasteiger partial charge in [-0.15, -0.1) is 0 Å². The Hall–Kier alpha value is -1.46. The summed E-state index contributed by atoms with van der Waals surface area (Å²) in [6.45, 7) is 6.17. The van der Waals surface area contributed by atoms with E-state index in [1.54, 1.807) is 18.2 Å². The summed E-state index contributed by atoms with van der Waals surface area (Å²) in [5.74, 6) is -0.289. The third kappa shape index (κ3) is 4.14. The summed E-state index contributed by atoms with van der Waals surface area (Å²) in [5.41, 5.74) is 0.532. The minimum Gasteiger partial charge on any atom is -0.351 e. The molecule has 1 amide bonds. The van der Waals surface area contributed by atoms with Gasteiger partial charge >= 0.3 is 0 Å². The van der Waals surface area contributed by atoms with Crippen LogP contribution in [0.5, 0.6) is 0 Å². The molecule has 1 aliphatic carbocycles. The predicted octanol–water partition coefficient (Wildman–Crippen LogP) is 2.39. The third-order valence-electron chi connectivity index (χ3n) is 5.53. The minimum atomic E-state index is -0.268. The Morgan fingerprint density at radius 3 is 2.54 bits per heavy atom. The number of amides is 1. The van der Waals surface area contributed by atoms with Crippen LogP contribution < -0.4 is 5.32 Å². The number of benzene rings is 1. The first-order valence-corrected chi connectivity index (χ1v) is 9.14. The molecule has 24 heavy (non-hydrogen) atoms. The van der Waals surface area contributed by atoms with Gasteiger partial charge in [0.1, 0.15) is 5.82 Å². The van der Waals surface area contributed by atoms with Gasteiger partial charge in [0.05, 0.1) is 6.04 Å². The van der Waals surface area contributed by atoms with E-state index < -0.39 is 0 Å². The average molecular weight is 333 g/mol. The molecule has 1 N–H and O–H groups in total. The number of carbonyl (C=O) groups is 1. The highest BCUT2D eigenvalue weighted by Crippen LogP contribution is 2.24. The fourth-order valence-corrected chi connectivity index (χ4v) is 3.90. The molecule has 1 atom stereocenters. The molecular weight excluding hydrogens is 305 g/mol. The van der Waals surface area contributed by atoms with Gasteiger partial charge in [-0.3, -0.25) is 14.6 Å². The number of carbonyl (C=O) groups excluding carboxylic acids is 1. The lowest BCUT2D eigenvalue weighted by Gasteiger charge is -2.40. The van der Waals surface area contributed by atoms with E-state index in [0.717, 1.165) is 32.2 Å². The maximum atomic E-state index is 13.6. The summed E-state index contributed by atoms with van der Waals surface area (Å²) in [6.07, 6.45) is 5.39. The SMILES string of the molecule is CC(C(=O)NCc1ccccc1F)N1CCN(C2CCCC2)CC1. The van der Waals surface area contributed by atoms with E-state index >= 15 is 0 Å². The van der Waals surface area contributed by atoms with Gasteiger partial charge in [0.15, 0.2) is 0 Å². The van der Waals surface area contributed by atoms with Crippen molar-refractivity contribution in [3.63, 3.8) is 0 Å². The fourth-order valence-electron chi connectivity index (χ4n) is 3.90. The van der Waals surface area contributed by atoms with Crippen molar-refractivity contribution >= 4 is 5.91 Å². The summed E-state index contributed by atoms with van der Waals surface area (Å²) in [7, 11) is 0. The molecule has 1 saturated heterocycles. The van der Waals surface area contributed by atoms with Crippen molar-refractivity contribution in [2.45, 2.75) is 51.2 Å². The van der Waals surface area contributed by atoms with Crippen LogP contribution in [-0.2, 0) is 11.3 Å². The van der Waals surface area contributed by atoms with E-state index in [0.29, 0.717) is 5.56 Å². The van der Waals surface area contributed by atoms with Crippen molar-refractivity contribution in [2.24, 2.45) is 0 Å². The second-order valence-corrected chi connectivity index (χ2v) is 7.00. The second kappa shape index (κ2) is 8.08. The van der Waals surface area contributed by atoms with Crippen molar-refractivity contribution in [3.8, 4) is 0 Å². The van der Waals surface area contributed by atoms with Gasteiger partial charge in [0.25, 0.3) is 0 Å². The Morgan fingerprint density at radius 1 is 1.21 bits per heavy atom. The second-order valence-electron chi connectivity index (χ2n) is 7.00. The van der Waals surface area contributed by atoms with Gasteiger partial charge in [-0.05, 0) is 25.8 Å². The average Bonchev–Trinajstić information content (AvgIpc) is 3.15. The molecule has 0 radical (unpaired) electrons. The number of piperazine rings is 1. The summed E-state index contributed by atoms with van der Waals surface area (Å²) >= 11 is 0. The Kier molecular flexibility index (Phi) is 5.85. The van der Waals surface area contributed by atoms with Gasteiger partial charge in [0, 0.05) is 44.3 Å². The lowest BCUT2D eigenvalue weighted by atomic mass is 10.1. The van der Waals surface area contributed by atoms with Gasteiger partial charge < -0.3 is 5.32 Å². The summed E-state index contributed by atoms with van der Waals surface area (Å²) in [5, 5.41) is 2.87. The highest BCUT2D eigenvalue weighted by Gasteiger charge is 2.29. The van der Waals surface area contributed by atoms with Crippen LogP contribution >= 0.6 is 0 Å². The molecule has 2 fully saturated rings. The van der Waals surface area contributed by atoms with Crippen molar-refractivity contribution in [2.75, 3.05) is 26.2 Å². The summed E-state index contributed by atoms with van der Waals surface area (Å²) in [6, 6.07) is 7.18. The highest BCUT2D eigenvalue weighted by atomic mass is 19.1. The molecule has 3 rings (SSSR count). The van der Waals surface area contributed by atoms with E-state index in [2.05, 4.69) is 15.1 Å². The molecule has 1 aromatic carbocycles. The smallest absolute Gasteiger partial charge is 0.237 e. The van der Waals surface area contributed by atoms with Crippen molar-refractivity contribution < 1.29 is 9.18 Å². The minimum absolute atomic E-state index is 0.0208. The molecule has 1 heterocycles. The largest absolute Gasteiger partial charge is 0.351 e. The van der Waals surface area contributed by atoms with Crippen LogP contribution in [0.4, 0.5) is 4.39 Å². The van der Waals surface area contributed by atoms with Crippen LogP contribution in [0.3, 0.4) is 0 Å². The van der Waals surface area contributed by atoms with Gasteiger partial charge in [-0.1, -0.05) is 31.0 Å². The fraction of sp³-hybridized carbons (Fsp3) is 0.632. The standard InChI is InChI=1S/C19H28FN3O/c1-15(19(24)21-14-16-6-2-5-9-18(16)20)22-10-12-23(13-11-22)17-7-3-4-8-17/h2,5-6,9,15,17H,3-4,7-8,10-14H2,1H3,(H,21,24). The molecule has 1 unspecified atom stereocenters. The van der Waals surface area contributed by atoms with Gasteiger partial charge in [-0.2, -0.15) is 0 Å². The van der Waals surface area contributed by atoms with Gasteiger partial charge in [0.2, 0.25) is 5.91 Å². The van der Waals surface area contributed by atoms with E-state index in [1.807, 2.05) is 6.92 Å². The number of hydrogen-bond donors (Lipinski definition) is 1. The zero-order chi connectivity index (χ0) is 16.9. The van der Waals surface area contributed by atoms with Crippen LogP contribution in [0.15, 0.2) is 24.3 Å². The molecule has 0 aromatic heterocycles. The van der Waals surface area contributed by atoms with Crippen molar-refractivity contribution in [1.29, 1.82) is 0 Å². The number of halogens is 1. The van der Waals surface area contributed by atoms with Gasteiger partial charge in [-0.25, -0.2) is 4.39 Å². The molecule has 4 nitrogen and oxygen atoms in total. The Balaban J connectivity index is 1.45. The molecule has 1 saturated carbocycles. The maximum absolute atomic E-state index is 13.6. The molecule has 132 valence electrons. The van der Waals surface area contributed by atoms with Crippen molar-refractivity contribution in [3.05, 3.63) is 35.6 Å². The molecule has 5 heteroatoms. The first-order valence-electron chi connectivity index (χ1n) is 9.14. The van der Waals surface area contributed by atoms with Crippen molar-refractivity contribution in [1.82, 2.24) is 15.1 Å². The predicted molar refractivity (Wildman–Crippen MR) is 93.1 cm³/mol. The monoisotopic (exact) mass is 333 g/mol. The third-order valence-corrected chi connectivity index (χ3v) is 5.53. The number of nitrogens with zero attached hydrogens (tertiary/aromatic N) is 2. The summed E-state index contributed by atoms with van der Waals surface area (Å²) < 4.78 is 13.6. The van der Waals surface area contributed by atoms with Crippen LogP contribution in [0.2, 0.25) is 0 Å². The van der Waals surface area contributed by atoms with E-state index in [1.165, 1.54) is 31.7 Å². The Morgan fingerprint density at radius 2 is 1.88 bits per heavy atom. The molecule has 1 aromatic rings. The maximum Gasteiger partial charge on any atom is 0.237 e. The van der Waals surface area contributed by atoms with E-state index in [4.69, 9.17) is 0 Å². The topological polar surface area (TPSA) is 35.6 Å². The molecule has 2 aliphatic rings. The molecular formula is C19H28FN3O. The van der Waals surface area contributed by atoms with E-state index in [-0.39, 0.29) is 24.3 Å². The van der Waals surface area contributed by atoms with Crippen LogP contribution in [0, 0.1) is 5.82 Å². The molecule has 0 bridgehead atoms. The molecule has 1 aliphatic heterocycles.